The van der Waals surface area contributed by atoms with Crippen LogP contribution in [-0.2, 0) is 28.2 Å². The number of methoxy groups -OCH3 is 1. The van der Waals surface area contributed by atoms with Crippen LogP contribution in [0.1, 0.15) is 65.7 Å². The zero-order valence-electron chi connectivity index (χ0n) is 27.9. The minimum absolute atomic E-state index is 0.00483. The zero-order valence-corrected chi connectivity index (χ0v) is 28.9. The minimum Gasteiger partial charge on any atom is -0.497 e. The number of fused-ring (bicyclic) bond motifs is 2. The summed E-state index contributed by atoms with van der Waals surface area (Å²) in [7, 11) is -1.20. The van der Waals surface area contributed by atoms with Crippen molar-refractivity contribution in [1.29, 1.82) is 0 Å². The van der Waals surface area contributed by atoms with E-state index >= 15 is 0 Å². The monoisotopic (exact) mass is 644 g/mol. The highest BCUT2D eigenvalue weighted by atomic mass is 28.4. The predicted octanol–water partition coefficient (Wildman–Crippen LogP) is 5.99. The topological polar surface area (TPSA) is 72.5 Å². The fraction of sp³-hybridized carbons (Fsp3) is 0.500. The van der Waals surface area contributed by atoms with Crippen LogP contribution < -0.4 is 15.1 Å². The number of rotatable bonds is 7. The van der Waals surface area contributed by atoms with Gasteiger partial charge in [-0.05, 0) is 53.2 Å². The van der Waals surface area contributed by atoms with Crippen LogP contribution in [0.4, 0.5) is 0 Å². The molecule has 3 aliphatic heterocycles. The van der Waals surface area contributed by atoms with Gasteiger partial charge in [0.05, 0.1) is 38.6 Å². The highest BCUT2D eigenvalue weighted by Crippen LogP contribution is 2.41. The van der Waals surface area contributed by atoms with E-state index in [2.05, 4.69) is 76.2 Å². The smallest absolute Gasteiger partial charge is 0.261 e. The van der Waals surface area contributed by atoms with E-state index in [1.54, 1.807) is 7.11 Å². The SMILES string of the molecule is COc1ccc([C@@H]2OC[C@H]3O[C@H]4CC(=O)[C@](C)(CO[Si](c5ccccc5)(c5ccccc5)C(C)(C)C)O[C@@H]4C[C@H](C)C[C@@H]3O2)cc1. The summed E-state index contributed by atoms with van der Waals surface area (Å²) in [6.07, 6.45) is 0.364. The largest absolute Gasteiger partial charge is 0.497 e. The molecule has 7 nitrogen and oxygen atoms in total. The van der Waals surface area contributed by atoms with Crippen molar-refractivity contribution in [2.75, 3.05) is 20.3 Å². The molecule has 0 unspecified atom stereocenters. The maximum Gasteiger partial charge on any atom is 0.261 e. The van der Waals surface area contributed by atoms with Gasteiger partial charge in [0.2, 0.25) is 0 Å². The molecule has 3 heterocycles. The summed E-state index contributed by atoms with van der Waals surface area (Å²) in [4.78, 5) is 14.0. The summed E-state index contributed by atoms with van der Waals surface area (Å²) in [5.74, 6) is 1.09. The Hall–Kier alpha value is -2.85. The van der Waals surface area contributed by atoms with Crippen molar-refractivity contribution in [3.05, 3.63) is 90.5 Å². The molecule has 3 aliphatic rings. The van der Waals surface area contributed by atoms with Crippen molar-refractivity contribution < 1.29 is 32.9 Å². The van der Waals surface area contributed by atoms with Crippen molar-refractivity contribution in [3.8, 4) is 5.75 Å². The second-order valence-corrected chi connectivity index (χ2v) is 18.7. The van der Waals surface area contributed by atoms with Gasteiger partial charge in [0.25, 0.3) is 8.32 Å². The van der Waals surface area contributed by atoms with Crippen molar-refractivity contribution in [2.45, 2.75) is 95.2 Å². The molecule has 46 heavy (non-hydrogen) atoms. The van der Waals surface area contributed by atoms with Crippen molar-refractivity contribution in [1.82, 2.24) is 0 Å². The molecular formula is C38H48O7Si. The molecule has 3 aromatic rings. The molecule has 0 N–H and O–H groups in total. The molecule has 3 fully saturated rings. The van der Waals surface area contributed by atoms with Crippen LogP contribution in [0.15, 0.2) is 84.9 Å². The standard InChI is InChI=1S/C38H48O7Si/c1-26-21-31-34(24-41-36(44-31)27-17-19-28(40-6)20-18-27)43-32-23-35(39)38(5,45-33(32)22-26)25-42-46(37(2,3)4,29-13-9-7-10-14-29)30-15-11-8-12-16-30/h7-20,26,31-34,36H,21-25H2,1-6H3/t26-,31+,32+,33-,34-,36-,38+/m1/s1. The van der Waals surface area contributed by atoms with Gasteiger partial charge < -0.3 is 28.1 Å². The van der Waals surface area contributed by atoms with E-state index in [0.29, 0.717) is 12.5 Å². The van der Waals surface area contributed by atoms with Gasteiger partial charge >= 0.3 is 0 Å². The molecule has 246 valence electrons. The molecule has 8 heteroatoms. The van der Waals surface area contributed by atoms with Gasteiger partial charge in [0.15, 0.2) is 12.1 Å². The fourth-order valence-electron chi connectivity index (χ4n) is 7.42. The number of ketones is 1. The first-order valence-corrected chi connectivity index (χ1v) is 18.5. The highest BCUT2D eigenvalue weighted by molar-refractivity contribution is 6.99. The van der Waals surface area contributed by atoms with E-state index < -0.39 is 20.2 Å². The number of carbonyl (C=O) groups excluding carboxylic acids is 1. The quantitative estimate of drug-likeness (QED) is 0.293. The molecular weight excluding hydrogens is 596 g/mol. The molecule has 0 aliphatic carbocycles. The molecule has 3 aromatic carbocycles. The Morgan fingerprint density at radius 1 is 0.826 bits per heavy atom. The molecule has 0 spiro atoms. The number of carbonyl (C=O) groups is 1. The first-order valence-electron chi connectivity index (χ1n) is 16.5. The average Bonchev–Trinajstić information content (AvgIpc) is 3.04. The molecule has 3 saturated heterocycles. The molecule has 0 amide bonds. The maximum absolute atomic E-state index is 14.0. The van der Waals surface area contributed by atoms with Crippen molar-refractivity contribution >= 4 is 24.5 Å². The Balaban J connectivity index is 1.20. The summed E-state index contributed by atoms with van der Waals surface area (Å²) >= 11 is 0. The average molecular weight is 645 g/mol. The van der Waals surface area contributed by atoms with E-state index in [9.17, 15) is 4.79 Å². The summed E-state index contributed by atoms with van der Waals surface area (Å²) in [6.45, 7) is 11.4. The highest BCUT2D eigenvalue weighted by Gasteiger charge is 2.54. The minimum atomic E-state index is -2.85. The Bertz CT molecular complexity index is 1420. The first kappa shape index (κ1) is 33.1. The lowest BCUT2D eigenvalue weighted by molar-refractivity contribution is -0.295. The third-order valence-electron chi connectivity index (χ3n) is 9.92. The van der Waals surface area contributed by atoms with E-state index in [1.165, 1.54) is 10.4 Å². The lowest BCUT2D eigenvalue weighted by atomic mass is 9.84. The predicted molar refractivity (Wildman–Crippen MR) is 180 cm³/mol. The maximum atomic E-state index is 14.0. The molecule has 0 saturated carbocycles. The van der Waals surface area contributed by atoms with Gasteiger partial charge in [0.1, 0.15) is 17.5 Å². The van der Waals surface area contributed by atoms with E-state index in [0.717, 1.165) is 24.2 Å². The van der Waals surface area contributed by atoms with Gasteiger partial charge in [-0.2, -0.15) is 0 Å². The Morgan fingerprint density at radius 3 is 2.02 bits per heavy atom. The number of benzene rings is 3. The van der Waals surface area contributed by atoms with Gasteiger partial charge in [0, 0.05) is 12.0 Å². The van der Waals surface area contributed by atoms with Gasteiger partial charge in [-0.15, -0.1) is 0 Å². The second kappa shape index (κ2) is 13.3. The third kappa shape index (κ3) is 6.48. The lowest BCUT2D eigenvalue weighted by Crippen LogP contribution is -2.68. The summed E-state index contributed by atoms with van der Waals surface area (Å²) in [5, 5.41) is 2.15. The third-order valence-corrected chi connectivity index (χ3v) is 14.9. The number of ether oxygens (including phenoxy) is 5. The molecule has 7 atom stereocenters. The van der Waals surface area contributed by atoms with Crippen LogP contribution in [-0.4, -0.2) is 64.4 Å². The fourth-order valence-corrected chi connectivity index (χ4v) is 12.1. The first-order chi connectivity index (χ1) is 22.0. The van der Waals surface area contributed by atoms with E-state index in [1.807, 2.05) is 43.3 Å². The van der Waals surface area contributed by atoms with Crippen LogP contribution in [0.3, 0.4) is 0 Å². The van der Waals surface area contributed by atoms with Crippen LogP contribution in [0, 0.1) is 5.92 Å². The number of hydrogen-bond acceptors (Lipinski definition) is 7. The van der Waals surface area contributed by atoms with Gasteiger partial charge in [-0.25, -0.2) is 0 Å². The van der Waals surface area contributed by atoms with E-state index in [-0.39, 0.29) is 48.3 Å². The van der Waals surface area contributed by atoms with Gasteiger partial charge in [-0.1, -0.05) is 100 Å². The summed E-state index contributed by atoms with van der Waals surface area (Å²) in [6, 6.07) is 28.8. The molecule has 0 aromatic heterocycles. The normalized spacial score (nSPS) is 30.4. The van der Waals surface area contributed by atoms with Crippen molar-refractivity contribution in [3.63, 3.8) is 0 Å². The zero-order chi connectivity index (χ0) is 32.5. The Morgan fingerprint density at radius 2 is 1.43 bits per heavy atom. The Kier molecular flexibility index (Phi) is 9.59. The van der Waals surface area contributed by atoms with Crippen LogP contribution >= 0.6 is 0 Å². The number of hydrogen-bond donors (Lipinski definition) is 0. The second-order valence-electron chi connectivity index (χ2n) is 14.4. The van der Waals surface area contributed by atoms with Crippen LogP contribution in [0.5, 0.6) is 5.75 Å². The Labute approximate surface area is 274 Å². The number of Topliss-reactive ketones (excluding diaryl/α,β-unsaturated/α-hetero) is 1. The van der Waals surface area contributed by atoms with E-state index in [4.69, 9.17) is 28.1 Å². The van der Waals surface area contributed by atoms with Crippen LogP contribution in [0.25, 0.3) is 0 Å². The molecule has 0 radical (unpaired) electrons. The lowest BCUT2D eigenvalue weighted by Gasteiger charge is -2.49. The van der Waals surface area contributed by atoms with Crippen molar-refractivity contribution in [2.24, 2.45) is 5.92 Å². The summed E-state index contributed by atoms with van der Waals surface area (Å²) in [5.41, 5.74) is -0.144. The van der Waals surface area contributed by atoms with Crippen LogP contribution in [0.2, 0.25) is 5.04 Å². The summed E-state index contributed by atoms with van der Waals surface area (Å²) < 4.78 is 38.5. The molecule has 6 rings (SSSR count). The van der Waals surface area contributed by atoms with Gasteiger partial charge in [-0.3, -0.25) is 4.79 Å². The molecule has 0 bridgehead atoms.